The Balaban J connectivity index is 1.56. The van der Waals surface area contributed by atoms with Gasteiger partial charge < -0.3 is 30.0 Å². The summed E-state index contributed by atoms with van der Waals surface area (Å²) in [4.78, 5) is 19.0. The van der Waals surface area contributed by atoms with Crippen molar-refractivity contribution in [3.63, 3.8) is 0 Å². The summed E-state index contributed by atoms with van der Waals surface area (Å²) in [6.45, 7) is 14.0. The van der Waals surface area contributed by atoms with Gasteiger partial charge in [-0.05, 0) is 61.0 Å². The molecule has 1 aliphatic carbocycles. The Morgan fingerprint density at radius 1 is 1.18 bits per heavy atom. The van der Waals surface area contributed by atoms with E-state index in [1.807, 2.05) is 54.5 Å². The van der Waals surface area contributed by atoms with Gasteiger partial charge >= 0.3 is 0 Å². The SMILES string of the molecule is CO[C@H](C)CNc1nc(C)c(-c2nc3c(C)nccc3s2)c(N[C@@H]2C[C@H](C(C)(C)O)[C@H]3OC(C)(C)O[C@H]32)n1. The van der Waals surface area contributed by atoms with E-state index in [-0.39, 0.29) is 30.3 Å². The summed E-state index contributed by atoms with van der Waals surface area (Å²) in [5.41, 5.74) is 2.49. The van der Waals surface area contributed by atoms with Gasteiger partial charge in [0.25, 0.3) is 0 Å². The van der Waals surface area contributed by atoms with E-state index < -0.39 is 11.4 Å². The zero-order valence-electron chi connectivity index (χ0n) is 23.3. The van der Waals surface area contributed by atoms with Crippen LogP contribution in [0.25, 0.3) is 20.8 Å². The third kappa shape index (κ3) is 5.22. The number of hydrogen-bond donors (Lipinski definition) is 3. The maximum atomic E-state index is 11.0. The van der Waals surface area contributed by atoms with E-state index in [1.165, 1.54) is 0 Å². The highest BCUT2D eigenvalue weighted by atomic mass is 32.1. The van der Waals surface area contributed by atoms with Crippen LogP contribution >= 0.6 is 11.3 Å². The number of anilines is 2. The summed E-state index contributed by atoms with van der Waals surface area (Å²) in [6.07, 6.45) is 2.01. The molecule has 3 aromatic heterocycles. The third-order valence-electron chi connectivity index (χ3n) is 7.44. The van der Waals surface area contributed by atoms with Gasteiger partial charge in [0.1, 0.15) is 22.4 Å². The smallest absolute Gasteiger partial charge is 0.224 e. The second-order valence-electron chi connectivity index (χ2n) is 11.4. The van der Waals surface area contributed by atoms with E-state index in [0.717, 1.165) is 32.2 Å². The zero-order chi connectivity index (χ0) is 27.4. The number of hydrogen-bond acceptors (Lipinski definition) is 11. The van der Waals surface area contributed by atoms with Gasteiger partial charge in [-0.15, -0.1) is 11.3 Å². The lowest BCUT2D eigenvalue weighted by Crippen LogP contribution is -2.39. The maximum absolute atomic E-state index is 11.0. The molecule has 206 valence electrons. The van der Waals surface area contributed by atoms with Crippen molar-refractivity contribution in [2.24, 2.45) is 5.92 Å². The minimum absolute atomic E-state index is 0.00383. The van der Waals surface area contributed by atoms with Crippen LogP contribution in [0.3, 0.4) is 0 Å². The van der Waals surface area contributed by atoms with Gasteiger partial charge in [-0.25, -0.2) is 9.97 Å². The first-order chi connectivity index (χ1) is 17.9. The minimum atomic E-state index is -0.923. The van der Waals surface area contributed by atoms with Crippen molar-refractivity contribution in [1.82, 2.24) is 19.9 Å². The summed E-state index contributed by atoms with van der Waals surface area (Å²) < 4.78 is 19.1. The number of rotatable bonds is 8. The Bertz CT molecular complexity index is 1320. The number of fused-ring (bicyclic) bond motifs is 2. The van der Waals surface area contributed by atoms with Crippen LogP contribution in [0.15, 0.2) is 12.3 Å². The van der Waals surface area contributed by atoms with Gasteiger partial charge in [-0.1, -0.05) is 0 Å². The lowest BCUT2D eigenvalue weighted by Gasteiger charge is -2.31. The number of thiazole rings is 1. The van der Waals surface area contributed by atoms with E-state index in [4.69, 9.17) is 29.2 Å². The quantitative estimate of drug-likeness (QED) is 0.379. The average molecular weight is 543 g/mol. The van der Waals surface area contributed by atoms with Crippen molar-refractivity contribution in [2.75, 3.05) is 24.3 Å². The topological polar surface area (TPSA) is 124 Å². The van der Waals surface area contributed by atoms with Gasteiger partial charge in [0.15, 0.2) is 5.79 Å². The molecule has 11 heteroatoms. The molecule has 10 nitrogen and oxygen atoms in total. The molecular formula is C27H38N6O4S. The second kappa shape index (κ2) is 9.95. The Morgan fingerprint density at radius 3 is 2.61 bits per heavy atom. The predicted molar refractivity (Wildman–Crippen MR) is 149 cm³/mol. The Morgan fingerprint density at radius 2 is 1.92 bits per heavy atom. The molecule has 1 saturated heterocycles. The number of methoxy groups -OCH3 is 1. The first kappa shape index (κ1) is 27.1. The van der Waals surface area contributed by atoms with E-state index in [9.17, 15) is 5.11 Å². The molecule has 1 aliphatic heterocycles. The minimum Gasteiger partial charge on any atom is -0.390 e. The molecule has 0 spiro atoms. The molecule has 0 unspecified atom stereocenters. The third-order valence-corrected chi connectivity index (χ3v) is 8.48. The molecular weight excluding hydrogens is 504 g/mol. The van der Waals surface area contributed by atoms with Crippen molar-refractivity contribution in [1.29, 1.82) is 0 Å². The largest absolute Gasteiger partial charge is 0.390 e. The molecule has 3 aromatic rings. The summed E-state index contributed by atoms with van der Waals surface area (Å²) in [6, 6.07) is 1.85. The fraction of sp³-hybridized carbons (Fsp3) is 0.630. The summed E-state index contributed by atoms with van der Waals surface area (Å²) >= 11 is 1.60. The molecule has 5 atom stereocenters. The highest BCUT2D eigenvalue weighted by Crippen LogP contribution is 2.47. The standard InChI is InChI=1S/C27H38N6O4S/c1-13(35-8)12-29-25-30-14(2)19(24-32-20-15(3)28-10-9-18(20)38-24)23(33-25)31-17-11-16(26(4,5)34)21-22(17)37-27(6,7)36-21/h9-10,13,16-17,21-22,34H,11-12H2,1-8H3,(H2,29,30,31,33)/t13-,16+,17-,21-,22+/m1/s1. The van der Waals surface area contributed by atoms with E-state index in [2.05, 4.69) is 15.6 Å². The van der Waals surface area contributed by atoms with Crippen LogP contribution in [-0.4, -0.2) is 74.4 Å². The molecule has 38 heavy (non-hydrogen) atoms. The molecule has 5 rings (SSSR count). The fourth-order valence-electron chi connectivity index (χ4n) is 5.41. The number of nitrogens with zero attached hydrogens (tertiary/aromatic N) is 4. The summed E-state index contributed by atoms with van der Waals surface area (Å²) in [7, 11) is 1.68. The number of aromatic nitrogens is 4. The van der Waals surface area contributed by atoms with Crippen molar-refractivity contribution >= 4 is 33.3 Å². The van der Waals surface area contributed by atoms with Crippen LogP contribution in [0, 0.1) is 19.8 Å². The first-order valence-electron chi connectivity index (χ1n) is 13.1. The van der Waals surface area contributed by atoms with Crippen LogP contribution in [0.2, 0.25) is 0 Å². The molecule has 2 fully saturated rings. The van der Waals surface area contributed by atoms with Crippen molar-refractivity contribution in [3.8, 4) is 10.6 Å². The van der Waals surface area contributed by atoms with Crippen LogP contribution in [-0.2, 0) is 14.2 Å². The van der Waals surface area contributed by atoms with Gasteiger partial charge in [0, 0.05) is 25.8 Å². The number of pyridine rings is 1. The lowest BCUT2D eigenvalue weighted by atomic mass is 9.87. The van der Waals surface area contributed by atoms with E-state index in [0.29, 0.717) is 24.7 Å². The van der Waals surface area contributed by atoms with Gasteiger partial charge in [0.05, 0.1) is 45.5 Å². The predicted octanol–water partition coefficient (Wildman–Crippen LogP) is 4.30. The molecule has 1 saturated carbocycles. The molecule has 3 N–H and O–H groups in total. The second-order valence-corrected chi connectivity index (χ2v) is 12.4. The number of ether oxygens (including phenoxy) is 3. The van der Waals surface area contributed by atoms with Gasteiger partial charge in [-0.3, -0.25) is 4.98 Å². The Labute approximate surface area is 227 Å². The van der Waals surface area contributed by atoms with Crippen molar-refractivity contribution < 1.29 is 19.3 Å². The van der Waals surface area contributed by atoms with Crippen LogP contribution in [0.5, 0.6) is 0 Å². The fourth-order valence-corrected chi connectivity index (χ4v) is 6.52. The van der Waals surface area contributed by atoms with E-state index >= 15 is 0 Å². The molecule has 2 aliphatic rings. The Hall–Kier alpha value is -2.44. The van der Waals surface area contributed by atoms with Crippen LogP contribution in [0.1, 0.15) is 52.4 Å². The monoisotopic (exact) mass is 542 g/mol. The highest BCUT2D eigenvalue weighted by molar-refractivity contribution is 7.21. The van der Waals surface area contributed by atoms with Crippen molar-refractivity contribution in [3.05, 3.63) is 23.7 Å². The number of aliphatic hydroxyl groups is 1. The van der Waals surface area contributed by atoms with Crippen LogP contribution in [0.4, 0.5) is 11.8 Å². The first-order valence-corrected chi connectivity index (χ1v) is 13.9. The highest BCUT2D eigenvalue weighted by Gasteiger charge is 2.57. The van der Waals surface area contributed by atoms with Gasteiger partial charge in [0.2, 0.25) is 5.95 Å². The molecule has 0 radical (unpaired) electrons. The molecule has 0 amide bonds. The molecule has 4 heterocycles. The average Bonchev–Trinajstić information content (AvgIpc) is 3.49. The summed E-state index contributed by atoms with van der Waals surface area (Å²) in [5, 5.41) is 18.8. The number of nitrogens with one attached hydrogen (secondary N) is 2. The maximum Gasteiger partial charge on any atom is 0.224 e. The molecule has 0 aromatic carbocycles. The molecule has 0 bridgehead atoms. The summed E-state index contributed by atoms with van der Waals surface area (Å²) in [5.74, 6) is 0.344. The van der Waals surface area contributed by atoms with Crippen LogP contribution < -0.4 is 10.6 Å². The zero-order valence-corrected chi connectivity index (χ0v) is 24.1. The van der Waals surface area contributed by atoms with E-state index in [1.54, 1.807) is 24.6 Å². The number of aryl methyl sites for hydroxylation is 2. The normalized spacial score (nSPS) is 25.5. The lowest BCUT2D eigenvalue weighted by molar-refractivity contribution is -0.166. The van der Waals surface area contributed by atoms with Crippen molar-refractivity contribution in [2.45, 2.75) is 90.6 Å². The Kier molecular flexibility index (Phi) is 7.10. The van der Waals surface area contributed by atoms with Gasteiger partial charge in [-0.2, -0.15) is 4.98 Å².